The Balaban J connectivity index is 1.81. The Kier molecular flexibility index (Phi) is 6.00. The minimum atomic E-state index is -0.625. The van der Waals surface area contributed by atoms with Gasteiger partial charge in [0, 0.05) is 18.7 Å². The minimum absolute atomic E-state index is 0.190. The van der Waals surface area contributed by atoms with E-state index in [1.807, 2.05) is 43.3 Å². The number of methoxy groups -OCH3 is 1. The third kappa shape index (κ3) is 5.30. The molecule has 0 heterocycles. The molecule has 2 aromatic rings. The number of carbonyl (C=O) groups is 1. The summed E-state index contributed by atoms with van der Waals surface area (Å²) in [4.78, 5) is 11.9. The van der Waals surface area contributed by atoms with Gasteiger partial charge in [-0.3, -0.25) is 0 Å². The topological polar surface area (TPSA) is 70.6 Å². The highest BCUT2D eigenvalue weighted by atomic mass is 16.5. The maximum atomic E-state index is 11.9. The Morgan fingerprint density at radius 3 is 2.61 bits per heavy atom. The number of hydrogen-bond donors (Lipinski definition) is 3. The second kappa shape index (κ2) is 8.19. The maximum absolute atomic E-state index is 11.9. The molecule has 2 rings (SSSR count). The molecule has 2 amide bonds. The molecule has 0 aliphatic carbocycles. The zero-order valence-electron chi connectivity index (χ0n) is 13.4. The number of aliphatic hydroxyl groups excluding tert-OH is 1. The van der Waals surface area contributed by atoms with Crippen LogP contribution in [0.2, 0.25) is 0 Å². The van der Waals surface area contributed by atoms with Gasteiger partial charge in [-0.25, -0.2) is 4.79 Å². The molecule has 1 unspecified atom stereocenters. The van der Waals surface area contributed by atoms with Crippen molar-refractivity contribution in [3.05, 3.63) is 59.7 Å². The number of nitrogens with one attached hydrogen (secondary N) is 2. The van der Waals surface area contributed by atoms with Crippen molar-refractivity contribution in [2.75, 3.05) is 19.0 Å². The summed E-state index contributed by atoms with van der Waals surface area (Å²) in [6, 6.07) is 14.8. The van der Waals surface area contributed by atoms with Crippen LogP contribution in [0.5, 0.6) is 5.75 Å². The number of aryl methyl sites for hydroxylation is 1. The fourth-order valence-electron chi connectivity index (χ4n) is 2.24. The number of anilines is 1. The Hall–Kier alpha value is -2.53. The van der Waals surface area contributed by atoms with Crippen molar-refractivity contribution in [1.82, 2.24) is 5.32 Å². The van der Waals surface area contributed by atoms with Crippen molar-refractivity contribution in [2.45, 2.75) is 19.4 Å². The lowest BCUT2D eigenvalue weighted by atomic mass is 10.1. The van der Waals surface area contributed by atoms with Gasteiger partial charge in [-0.2, -0.15) is 0 Å². The van der Waals surface area contributed by atoms with Gasteiger partial charge in [0.05, 0.1) is 13.2 Å². The number of carbonyl (C=O) groups excluding carboxylic acids is 1. The summed E-state index contributed by atoms with van der Waals surface area (Å²) >= 11 is 0. The number of urea groups is 1. The predicted molar refractivity (Wildman–Crippen MR) is 90.9 cm³/mol. The van der Waals surface area contributed by atoms with Crippen molar-refractivity contribution in [3.63, 3.8) is 0 Å². The molecular weight excluding hydrogens is 292 g/mol. The highest BCUT2D eigenvalue weighted by Gasteiger charge is 2.09. The second-order valence-electron chi connectivity index (χ2n) is 5.36. The van der Waals surface area contributed by atoms with Crippen LogP contribution in [-0.2, 0) is 6.42 Å². The molecule has 0 radical (unpaired) electrons. The number of amides is 2. The van der Waals surface area contributed by atoms with Gasteiger partial charge in [0.15, 0.2) is 0 Å². The van der Waals surface area contributed by atoms with Crippen LogP contribution < -0.4 is 15.4 Å². The van der Waals surface area contributed by atoms with Gasteiger partial charge >= 0.3 is 6.03 Å². The van der Waals surface area contributed by atoms with Crippen molar-refractivity contribution in [1.29, 1.82) is 0 Å². The van der Waals surface area contributed by atoms with Crippen LogP contribution >= 0.6 is 0 Å². The predicted octanol–water partition coefficient (Wildman–Crippen LogP) is 2.73. The van der Waals surface area contributed by atoms with E-state index in [9.17, 15) is 9.90 Å². The molecule has 2 aromatic carbocycles. The van der Waals surface area contributed by atoms with Crippen LogP contribution in [-0.4, -0.2) is 30.9 Å². The molecule has 0 aromatic heterocycles. The summed E-state index contributed by atoms with van der Waals surface area (Å²) in [7, 11) is 1.60. The van der Waals surface area contributed by atoms with Crippen LogP contribution in [0.1, 0.15) is 11.1 Å². The SMILES string of the molecule is COc1ccc(NC(=O)NCC(O)Cc2ccccc2)c(C)c1. The molecule has 1 atom stereocenters. The van der Waals surface area contributed by atoms with E-state index in [0.717, 1.165) is 16.9 Å². The number of benzene rings is 2. The minimum Gasteiger partial charge on any atom is -0.497 e. The molecule has 5 nitrogen and oxygen atoms in total. The van der Waals surface area contributed by atoms with Crippen LogP contribution in [0.4, 0.5) is 10.5 Å². The van der Waals surface area contributed by atoms with E-state index in [4.69, 9.17) is 4.74 Å². The van der Waals surface area contributed by atoms with Crippen molar-refractivity contribution < 1.29 is 14.6 Å². The fourth-order valence-corrected chi connectivity index (χ4v) is 2.24. The first-order valence-corrected chi connectivity index (χ1v) is 7.50. The molecule has 0 spiro atoms. The Morgan fingerprint density at radius 2 is 1.96 bits per heavy atom. The first-order valence-electron chi connectivity index (χ1n) is 7.50. The smallest absolute Gasteiger partial charge is 0.319 e. The van der Waals surface area contributed by atoms with Gasteiger partial charge in [0.1, 0.15) is 5.75 Å². The zero-order chi connectivity index (χ0) is 16.7. The van der Waals surface area contributed by atoms with Gasteiger partial charge in [-0.1, -0.05) is 30.3 Å². The zero-order valence-corrected chi connectivity index (χ0v) is 13.4. The van der Waals surface area contributed by atoms with Crippen LogP contribution in [0.25, 0.3) is 0 Å². The Morgan fingerprint density at radius 1 is 1.22 bits per heavy atom. The fraction of sp³-hybridized carbons (Fsp3) is 0.278. The summed E-state index contributed by atoms with van der Waals surface area (Å²) in [6.07, 6.45) is -0.122. The third-order valence-electron chi connectivity index (χ3n) is 3.49. The largest absolute Gasteiger partial charge is 0.497 e. The van der Waals surface area contributed by atoms with E-state index in [1.54, 1.807) is 19.2 Å². The quantitative estimate of drug-likeness (QED) is 0.768. The van der Waals surface area contributed by atoms with E-state index in [1.165, 1.54) is 0 Å². The lowest BCUT2D eigenvalue weighted by Crippen LogP contribution is -2.36. The van der Waals surface area contributed by atoms with Gasteiger partial charge in [0.25, 0.3) is 0 Å². The number of ether oxygens (including phenoxy) is 1. The van der Waals surface area contributed by atoms with E-state index in [0.29, 0.717) is 12.1 Å². The van der Waals surface area contributed by atoms with Gasteiger partial charge < -0.3 is 20.5 Å². The molecule has 0 bridgehead atoms. The van der Waals surface area contributed by atoms with Gasteiger partial charge in [0.2, 0.25) is 0 Å². The lowest BCUT2D eigenvalue weighted by molar-refractivity contribution is 0.172. The van der Waals surface area contributed by atoms with E-state index >= 15 is 0 Å². The Bertz CT molecular complexity index is 644. The average Bonchev–Trinajstić information content (AvgIpc) is 2.56. The molecule has 0 saturated carbocycles. The van der Waals surface area contributed by atoms with Crippen LogP contribution in [0.15, 0.2) is 48.5 Å². The lowest BCUT2D eigenvalue weighted by Gasteiger charge is -2.14. The summed E-state index contributed by atoms with van der Waals surface area (Å²) in [5.74, 6) is 0.742. The highest BCUT2D eigenvalue weighted by molar-refractivity contribution is 5.90. The third-order valence-corrected chi connectivity index (χ3v) is 3.49. The first-order chi connectivity index (χ1) is 11.1. The normalized spacial score (nSPS) is 11.6. The summed E-state index contributed by atoms with van der Waals surface area (Å²) in [5, 5.41) is 15.4. The highest BCUT2D eigenvalue weighted by Crippen LogP contribution is 2.20. The first kappa shape index (κ1) is 16.8. The molecule has 3 N–H and O–H groups in total. The number of rotatable bonds is 6. The second-order valence-corrected chi connectivity index (χ2v) is 5.36. The number of hydrogen-bond acceptors (Lipinski definition) is 3. The molecule has 5 heteroatoms. The van der Waals surface area contributed by atoms with E-state index in [2.05, 4.69) is 10.6 Å². The number of aliphatic hydroxyl groups is 1. The molecule has 122 valence electrons. The molecule has 0 saturated heterocycles. The van der Waals surface area contributed by atoms with Crippen LogP contribution in [0, 0.1) is 6.92 Å². The average molecular weight is 314 g/mol. The van der Waals surface area contributed by atoms with Crippen molar-refractivity contribution in [2.24, 2.45) is 0 Å². The molecule has 23 heavy (non-hydrogen) atoms. The summed E-state index contributed by atoms with van der Waals surface area (Å²) < 4.78 is 5.13. The monoisotopic (exact) mass is 314 g/mol. The van der Waals surface area contributed by atoms with Crippen LogP contribution in [0.3, 0.4) is 0 Å². The maximum Gasteiger partial charge on any atom is 0.319 e. The molecule has 0 aliphatic heterocycles. The Labute approximate surface area is 136 Å². The van der Waals surface area contributed by atoms with Crippen molar-refractivity contribution >= 4 is 11.7 Å². The van der Waals surface area contributed by atoms with E-state index < -0.39 is 6.10 Å². The molecular formula is C18H22N2O3. The van der Waals surface area contributed by atoms with Crippen molar-refractivity contribution in [3.8, 4) is 5.75 Å². The molecule has 0 fully saturated rings. The standard InChI is InChI=1S/C18H22N2O3/c1-13-10-16(23-2)8-9-17(13)20-18(22)19-12-15(21)11-14-6-4-3-5-7-14/h3-10,15,21H,11-12H2,1-2H3,(H2,19,20,22). The molecule has 0 aliphatic rings. The van der Waals surface area contributed by atoms with Gasteiger partial charge in [-0.05, 0) is 36.2 Å². The summed E-state index contributed by atoms with van der Waals surface area (Å²) in [6.45, 7) is 2.08. The van der Waals surface area contributed by atoms with Gasteiger partial charge in [-0.15, -0.1) is 0 Å². The van der Waals surface area contributed by atoms with E-state index in [-0.39, 0.29) is 12.6 Å². The summed E-state index contributed by atoms with van der Waals surface area (Å²) in [5.41, 5.74) is 2.65.